The Hall–Kier alpha value is -0.900. The van der Waals surface area contributed by atoms with Crippen LogP contribution >= 0.6 is 0 Å². The Morgan fingerprint density at radius 2 is 2.00 bits per heavy atom. The average Bonchev–Trinajstić information content (AvgIpc) is 2.08. The molecule has 1 aliphatic heterocycles. The molecule has 1 heterocycles. The second-order valence-corrected chi connectivity index (χ2v) is 3.38. The van der Waals surface area contributed by atoms with Crippen LogP contribution in [0.15, 0.2) is 0 Å². The topological polar surface area (TPSA) is 57.6 Å². The number of aliphatic carboxylic acids is 1. The number of Topliss-reactive ketones (excluding diaryl/α,β-unsaturated/α-hetero) is 1. The third kappa shape index (κ3) is 4.03. The number of carbonyl (C=O) groups excluding carboxylic acids is 1. The molecule has 0 aromatic rings. The van der Waals surface area contributed by atoms with E-state index < -0.39 is 5.97 Å². The lowest BCUT2D eigenvalue weighted by atomic mass is 10.1. The first-order valence-electron chi connectivity index (χ1n) is 4.64. The van der Waals surface area contributed by atoms with Gasteiger partial charge in [-0.3, -0.25) is 9.59 Å². The molecule has 1 saturated heterocycles. The van der Waals surface area contributed by atoms with Crippen molar-refractivity contribution in [3.8, 4) is 0 Å². The van der Waals surface area contributed by atoms with Gasteiger partial charge in [-0.05, 0) is 13.0 Å². The van der Waals surface area contributed by atoms with Gasteiger partial charge >= 0.3 is 5.97 Å². The Balaban J connectivity index is 2.09. The summed E-state index contributed by atoms with van der Waals surface area (Å²) >= 11 is 0. The molecule has 4 nitrogen and oxygen atoms in total. The van der Waals surface area contributed by atoms with E-state index in [4.69, 9.17) is 5.11 Å². The normalized spacial score (nSPS) is 18.9. The minimum Gasteiger partial charge on any atom is -0.481 e. The molecule has 1 rings (SSSR count). The standard InChI is InChI=1S/C9H15NO3/c11-8-3-6-10(7-4-8)5-1-2-9(12)13/h1-7H2,(H,12,13). The highest BCUT2D eigenvalue weighted by molar-refractivity contribution is 5.79. The molecule has 0 bridgehead atoms. The van der Waals surface area contributed by atoms with Gasteiger partial charge in [-0.1, -0.05) is 0 Å². The number of likely N-dealkylation sites (tertiary alicyclic amines) is 1. The van der Waals surface area contributed by atoms with Crippen molar-refractivity contribution in [2.45, 2.75) is 25.7 Å². The lowest BCUT2D eigenvalue weighted by molar-refractivity contribution is -0.137. The van der Waals surface area contributed by atoms with Gasteiger partial charge in [-0.25, -0.2) is 0 Å². The SMILES string of the molecule is O=C(O)CCCN1CCC(=O)CC1. The summed E-state index contributed by atoms with van der Waals surface area (Å²) in [4.78, 5) is 23.2. The van der Waals surface area contributed by atoms with E-state index in [1.165, 1.54) is 0 Å². The van der Waals surface area contributed by atoms with Crippen LogP contribution in [0, 0.1) is 0 Å². The number of carboxylic acid groups (broad SMARTS) is 1. The maximum atomic E-state index is 10.9. The van der Waals surface area contributed by atoms with Crippen molar-refractivity contribution in [2.24, 2.45) is 0 Å². The number of hydrogen-bond acceptors (Lipinski definition) is 3. The Labute approximate surface area is 77.5 Å². The van der Waals surface area contributed by atoms with Crippen molar-refractivity contribution in [2.75, 3.05) is 19.6 Å². The van der Waals surface area contributed by atoms with Crippen molar-refractivity contribution in [3.05, 3.63) is 0 Å². The molecule has 13 heavy (non-hydrogen) atoms. The summed E-state index contributed by atoms with van der Waals surface area (Å²) in [5.74, 6) is -0.414. The molecule has 0 saturated carbocycles. The van der Waals surface area contributed by atoms with Gasteiger partial charge in [0.15, 0.2) is 0 Å². The van der Waals surface area contributed by atoms with Crippen LogP contribution in [0.25, 0.3) is 0 Å². The third-order valence-electron chi connectivity index (χ3n) is 2.28. The molecule has 1 aliphatic rings. The largest absolute Gasteiger partial charge is 0.481 e. The fourth-order valence-electron chi connectivity index (χ4n) is 1.48. The van der Waals surface area contributed by atoms with Gasteiger partial charge in [0.25, 0.3) is 0 Å². The van der Waals surface area contributed by atoms with Crippen molar-refractivity contribution in [1.82, 2.24) is 4.90 Å². The number of ketones is 1. The van der Waals surface area contributed by atoms with Crippen molar-refractivity contribution in [3.63, 3.8) is 0 Å². The number of rotatable bonds is 4. The van der Waals surface area contributed by atoms with Crippen molar-refractivity contribution < 1.29 is 14.7 Å². The molecule has 1 N–H and O–H groups in total. The van der Waals surface area contributed by atoms with E-state index >= 15 is 0 Å². The molecule has 0 radical (unpaired) electrons. The van der Waals surface area contributed by atoms with Crippen LogP contribution in [-0.2, 0) is 9.59 Å². The highest BCUT2D eigenvalue weighted by Crippen LogP contribution is 2.06. The van der Waals surface area contributed by atoms with E-state index in [2.05, 4.69) is 4.90 Å². The summed E-state index contributed by atoms with van der Waals surface area (Å²) < 4.78 is 0. The maximum absolute atomic E-state index is 10.9. The van der Waals surface area contributed by atoms with Crippen LogP contribution in [0.4, 0.5) is 0 Å². The summed E-state index contributed by atoms with van der Waals surface area (Å²) in [6.45, 7) is 2.41. The van der Waals surface area contributed by atoms with Gasteiger partial charge < -0.3 is 10.0 Å². The van der Waals surface area contributed by atoms with Gasteiger partial charge in [-0.2, -0.15) is 0 Å². The van der Waals surface area contributed by atoms with Crippen LogP contribution < -0.4 is 0 Å². The number of nitrogens with zero attached hydrogens (tertiary/aromatic N) is 1. The molecule has 0 amide bonds. The fourth-order valence-corrected chi connectivity index (χ4v) is 1.48. The molecule has 0 unspecified atom stereocenters. The van der Waals surface area contributed by atoms with E-state index in [0.717, 1.165) is 19.6 Å². The molecule has 0 aromatic heterocycles. The van der Waals surface area contributed by atoms with Gasteiger partial charge in [0.1, 0.15) is 5.78 Å². The smallest absolute Gasteiger partial charge is 0.303 e. The second-order valence-electron chi connectivity index (χ2n) is 3.38. The lowest BCUT2D eigenvalue weighted by Crippen LogP contribution is -2.34. The van der Waals surface area contributed by atoms with E-state index in [9.17, 15) is 9.59 Å². The first-order valence-corrected chi connectivity index (χ1v) is 4.64. The van der Waals surface area contributed by atoms with Crippen LogP contribution in [0.1, 0.15) is 25.7 Å². The number of carbonyl (C=O) groups is 2. The fraction of sp³-hybridized carbons (Fsp3) is 0.778. The Bertz CT molecular complexity index is 193. The third-order valence-corrected chi connectivity index (χ3v) is 2.28. The van der Waals surface area contributed by atoms with Crippen LogP contribution in [0.3, 0.4) is 0 Å². The van der Waals surface area contributed by atoms with Gasteiger partial charge in [0, 0.05) is 32.4 Å². The summed E-state index contributed by atoms with van der Waals surface area (Å²) in [7, 11) is 0. The van der Waals surface area contributed by atoms with Crippen molar-refractivity contribution in [1.29, 1.82) is 0 Å². The molecule has 0 spiro atoms. The van der Waals surface area contributed by atoms with Gasteiger partial charge in [-0.15, -0.1) is 0 Å². The first-order chi connectivity index (χ1) is 6.18. The molecular formula is C9H15NO3. The Morgan fingerprint density at radius 1 is 1.38 bits per heavy atom. The molecule has 74 valence electrons. The average molecular weight is 185 g/mol. The van der Waals surface area contributed by atoms with E-state index in [1.54, 1.807) is 0 Å². The van der Waals surface area contributed by atoms with E-state index in [-0.39, 0.29) is 6.42 Å². The molecule has 4 heteroatoms. The minimum absolute atomic E-state index is 0.227. The zero-order chi connectivity index (χ0) is 9.68. The highest BCUT2D eigenvalue weighted by atomic mass is 16.4. The number of hydrogen-bond donors (Lipinski definition) is 1. The summed E-state index contributed by atoms with van der Waals surface area (Å²) in [5, 5.41) is 8.41. The van der Waals surface area contributed by atoms with Crippen molar-refractivity contribution >= 4 is 11.8 Å². The van der Waals surface area contributed by atoms with E-state index in [1.807, 2.05) is 0 Å². The molecular weight excluding hydrogens is 170 g/mol. The van der Waals surface area contributed by atoms with Crippen LogP contribution in [0.5, 0.6) is 0 Å². The van der Waals surface area contributed by atoms with Gasteiger partial charge in [0.05, 0.1) is 0 Å². The summed E-state index contributed by atoms with van der Waals surface area (Å²) in [6.07, 6.45) is 2.17. The predicted molar refractivity (Wildman–Crippen MR) is 47.6 cm³/mol. The molecule has 0 aromatic carbocycles. The lowest BCUT2D eigenvalue weighted by Gasteiger charge is -2.25. The Morgan fingerprint density at radius 3 is 2.54 bits per heavy atom. The zero-order valence-corrected chi connectivity index (χ0v) is 7.66. The van der Waals surface area contributed by atoms with Gasteiger partial charge in [0.2, 0.25) is 0 Å². The molecule has 0 aliphatic carbocycles. The van der Waals surface area contributed by atoms with E-state index in [0.29, 0.717) is 25.0 Å². The number of piperidine rings is 1. The number of carboxylic acids is 1. The zero-order valence-electron chi connectivity index (χ0n) is 7.66. The minimum atomic E-state index is -0.743. The molecule has 0 atom stereocenters. The predicted octanol–water partition coefficient (Wildman–Crippen LogP) is 0.516. The quantitative estimate of drug-likeness (QED) is 0.693. The second kappa shape index (κ2) is 4.97. The highest BCUT2D eigenvalue weighted by Gasteiger charge is 2.15. The first kappa shape index (κ1) is 10.2. The molecule has 1 fully saturated rings. The van der Waals surface area contributed by atoms with Crippen LogP contribution in [-0.4, -0.2) is 41.4 Å². The summed E-state index contributed by atoms with van der Waals surface area (Å²) in [6, 6.07) is 0. The summed E-state index contributed by atoms with van der Waals surface area (Å²) in [5.41, 5.74) is 0. The monoisotopic (exact) mass is 185 g/mol. The maximum Gasteiger partial charge on any atom is 0.303 e. The van der Waals surface area contributed by atoms with Crippen LogP contribution in [0.2, 0.25) is 0 Å². The Kier molecular flexibility index (Phi) is 3.89.